The van der Waals surface area contributed by atoms with Crippen molar-refractivity contribution < 1.29 is 0 Å². The molecule has 1 fully saturated rings. The van der Waals surface area contributed by atoms with Crippen molar-refractivity contribution in [2.75, 3.05) is 6.54 Å². The monoisotopic (exact) mass is 211 g/mol. The van der Waals surface area contributed by atoms with E-state index in [2.05, 4.69) is 33.0 Å². The zero-order valence-corrected chi connectivity index (χ0v) is 11.1. The van der Waals surface area contributed by atoms with Crippen molar-refractivity contribution in [3.8, 4) is 0 Å². The van der Waals surface area contributed by atoms with Crippen molar-refractivity contribution in [3.05, 3.63) is 0 Å². The normalized spacial score (nSPS) is 34.0. The Morgan fingerprint density at radius 1 is 1.20 bits per heavy atom. The van der Waals surface area contributed by atoms with Gasteiger partial charge in [0, 0.05) is 6.04 Å². The SMILES string of the molecule is CCCC(C)CNC1CCC(C)C(C)C1. The fraction of sp³-hybridized carbons (Fsp3) is 1.00. The van der Waals surface area contributed by atoms with Crippen LogP contribution in [0.3, 0.4) is 0 Å². The van der Waals surface area contributed by atoms with Gasteiger partial charge in [-0.15, -0.1) is 0 Å². The number of hydrogen-bond acceptors (Lipinski definition) is 1. The van der Waals surface area contributed by atoms with Crippen molar-refractivity contribution >= 4 is 0 Å². The first-order valence-corrected chi connectivity index (χ1v) is 6.86. The highest BCUT2D eigenvalue weighted by Gasteiger charge is 2.24. The van der Waals surface area contributed by atoms with Gasteiger partial charge in [0.15, 0.2) is 0 Å². The van der Waals surface area contributed by atoms with Gasteiger partial charge in [0.25, 0.3) is 0 Å². The molecule has 15 heavy (non-hydrogen) atoms. The molecule has 1 aliphatic carbocycles. The molecule has 0 saturated heterocycles. The Morgan fingerprint density at radius 2 is 1.93 bits per heavy atom. The highest BCUT2D eigenvalue weighted by atomic mass is 14.9. The molecule has 0 bridgehead atoms. The van der Waals surface area contributed by atoms with E-state index in [1.165, 1.54) is 38.6 Å². The fourth-order valence-electron chi connectivity index (χ4n) is 2.70. The van der Waals surface area contributed by atoms with E-state index >= 15 is 0 Å². The quantitative estimate of drug-likeness (QED) is 0.728. The molecule has 0 aliphatic heterocycles. The predicted molar refractivity (Wildman–Crippen MR) is 68.0 cm³/mol. The molecular formula is C14H29N. The van der Waals surface area contributed by atoms with Gasteiger partial charge in [-0.3, -0.25) is 0 Å². The molecule has 0 spiro atoms. The summed E-state index contributed by atoms with van der Waals surface area (Å²) in [6.07, 6.45) is 6.89. The Hall–Kier alpha value is -0.0400. The van der Waals surface area contributed by atoms with Crippen molar-refractivity contribution in [1.29, 1.82) is 0 Å². The molecule has 4 atom stereocenters. The summed E-state index contributed by atoms with van der Waals surface area (Å²) in [6, 6.07) is 0.801. The molecule has 1 saturated carbocycles. The summed E-state index contributed by atoms with van der Waals surface area (Å²) in [5.74, 6) is 2.71. The Bertz CT molecular complexity index is 167. The van der Waals surface area contributed by atoms with Gasteiger partial charge in [0.05, 0.1) is 0 Å². The predicted octanol–water partition coefficient (Wildman–Crippen LogP) is 3.84. The maximum Gasteiger partial charge on any atom is 0.00699 e. The third-order valence-electron chi connectivity index (χ3n) is 4.13. The van der Waals surface area contributed by atoms with Crippen LogP contribution in [0.5, 0.6) is 0 Å². The lowest BCUT2D eigenvalue weighted by molar-refractivity contribution is 0.221. The van der Waals surface area contributed by atoms with E-state index in [-0.39, 0.29) is 0 Å². The topological polar surface area (TPSA) is 12.0 Å². The summed E-state index contributed by atoms with van der Waals surface area (Å²) in [6.45, 7) is 10.7. The van der Waals surface area contributed by atoms with Gasteiger partial charge in [-0.2, -0.15) is 0 Å². The first kappa shape index (κ1) is 13.0. The van der Waals surface area contributed by atoms with Gasteiger partial charge in [0.2, 0.25) is 0 Å². The number of hydrogen-bond donors (Lipinski definition) is 1. The maximum absolute atomic E-state index is 3.76. The molecule has 1 heteroatoms. The van der Waals surface area contributed by atoms with Gasteiger partial charge in [-0.1, -0.05) is 34.1 Å². The molecule has 0 amide bonds. The van der Waals surface area contributed by atoms with Crippen LogP contribution in [0.4, 0.5) is 0 Å². The molecule has 0 aromatic heterocycles. The van der Waals surface area contributed by atoms with Crippen LogP contribution in [0, 0.1) is 17.8 Å². The van der Waals surface area contributed by atoms with E-state index in [4.69, 9.17) is 0 Å². The summed E-state index contributed by atoms with van der Waals surface area (Å²) in [4.78, 5) is 0. The third kappa shape index (κ3) is 4.55. The van der Waals surface area contributed by atoms with Crippen LogP contribution in [0.1, 0.15) is 59.8 Å². The standard InChI is InChI=1S/C14H29N/c1-5-6-11(2)10-15-14-8-7-12(3)13(4)9-14/h11-15H,5-10H2,1-4H3. The van der Waals surface area contributed by atoms with Gasteiger partial charge < -0.3 is 5.32 Å². The molecule has 0 aromatic rings. The van der Waals surface area contributed by atoms with E-state index in [0.717, 1.165) is 23.8 Å². The highest BCUT2D eigenvalue weighted by molar-refractivity contribution is 4.80. The second-order valence-electron chi connectivity index (χ2n) is 5.77. The Labute approximate surface area is 96.0 Å². The van der Waals surface area contributed by atoms with Crippen molar-refractivity contribution in [1.82, 2.24) is 5.32 Å². The summed E-state index contributed by atoms with van der Waals surface area (Å²) < 4.78 is 0. The van der Waals surface area contributed by atoms with Crippen LogP contribution >= 0.6 is 0 Å². The van der Waals surface area contributed by atoms with Gasteiger partial charge in [-0.05, 0) is 50.0 Å². The van der Waals surface area contributed by atoms with Crippen molar-refractivity contribution in [2.45, 2.75) is 65.8 Å². The van der Waals surface area contributed by atoms with E-state index in [0.29, 0.717) is 0 Å². The maximum atomic E-state index is 3.76. The summed E-state index contributed by atoms with van der Waals surface area (Å²) in [5.41, 5.74) is 0. The number of rotatable bonds is 5. The van der Waals surface area contributed by atoms with Crippen LogP contribution in [0.2, 0.25) is 0 Å². The van der Waals surface area contributed by atoms with Crippen molar-refractivity contribution in [2.24, 2.45) is 17.8 Å². The first-order chi connectivity index (χ1) is 7.13. The van der Waals surface area contributed by atoms with Crippen LogP contribution < -0.4 is 5.32 Å². The van der Waals surface area contributed by atoms with Crippen molar-refractivity contribution in [3.63, 3.8) is 0 Å². The summed E-state index contributed by atoms with van der Waals surface area (Å²) in [7, 11) is 0. The molecular weight excluding hydrogens is 182 g/mol. The summed E-state index contributed by atoms with van der Waals surface area (Å²) in [5, 5.41) is 3.76. The molecule has 1 nitrogen and oxygen atoms in total. The van der Waals surface area contributed by atoms with E-state index < -0.39 is 0 Å². The molecule has 1 N–H and O–H groups in total. The minimum Gasteiger partial charge on any atom is -0.314 e. The van der Waals surface area contributed by atoms with Crippen LogP contribution in [-0.2, 0) is 0 Å². The van der Waals surface area contributed by atoms with Crippen LogP contribution in [0.25, 0.3) is 0 Å². The fourth-order valence-corrected chi connectivity index (χ4v) is 2.70. The lowest BCUT2D eigenvalue weighted by Gasteiger charge is -2.33. The van der Waals surface area contributed by atoms with E-state index in [1.54, 1.807) is 0 Å². The Balaban J connectivity index is 2.16. The first-order valence-electron chi connectivity index (χ1n) is 6.86. The lowest BCUT2D eigenvalue weighted by atomic mass is 9.79. The molecule has 0 aromatic carbocycles. The molecule has 4 unspecified atom stereocenters. The number of nitrogens with one attached hydrogen (secondary N) is 1. The smallest absolute Gasteiger partial charge is 0.00699 e. The molecule has 1 rings (SSSR count). The minimum absolute atomic E-state index is 0.801. The molecule has 0 radical (unpaired) electrons. The Kier molecular flexibility index (Phi) is 5.66. The van der Waals surface area contributed by atoms with Crippen LogP contribution in [-0.4, -0.2) is 12.6 Å². The van der Waals surface area contributed by atoms with Gasteiger partial charge in [-0.25, -0.2) is 0 Å². The zero-order chi connectivity index (χ0) is 11.3. The van der Waals surface area contributed by atoms with Crippen LogP contribution in [0.15, 0.2) is 0 Å². The van der Waals surface area contributed by atoms with Gasteiger partial charge in [0.1, 0.15) is 0 Å². The minimum atomic E-state index is 0.801. The third-order valence-corrected chi connectivity index (χ3v) is 4.13. The largest absolute Gasteiger partial charge is 0.314 e. The molecule has 0 heterocycles. The van der Waals surface area contributed by atoms with Gasteiger partial charge >= 0.3 is 0 Å². The van der Waals surface area contributed by atoms with E-state index in [1.807, 2.05) is 0 Å². The second-order valence-corrected chi connectivity index (χ2v) is 5.77. The molecule has 1 aliphatic rings. The highest BCUT2D eigenvalue weighted by Crippen LogP contribution is 2.29. The average molecular weight is 211 g/mol. The Morgan fingerprint density at radius 3 is 2.53 bits per heavy atom. The lowest BCUT2D eigenvalue weighted by Crippen LogP contribution is -2.38. The molecule has 90 valence electrons. The second kappa shape index (κ2) is 6.52. The zero-order valence-electron chi connectivity index (χ0n) is 11.1. The summed E-state index contributed by atoms with van der Waals surface area (Å²) >= 11 is 0. The van der Waals surface area contributed by atoms with E-state index in [9.17, 15) is 0 Å². The average Bonchev–Trinajstić information content (AvgIpc) is 2.20.